The first-order valence-corrected chi connectivity index (χ1v) is 2.12. The summed E-state index contributed by atoms with van der Waals surface area (Å²) in [7, 11) is 0. The van der Waals surface area contributed by atoms with Gasteiger partial charge in [0.2, 0.25) is 0 Å². The van der Waals surface area contributed by atoms with Gasteiger partial charge in [0.25, 0.3) is 0 Å². The predicted molar refractivity (Wildman–Crippen MR) is 34.2 cm³/mol. The number of nitrogens with two attached hydrogens (primary N) is 1. The van der Waals surface area contributed by atoms with Crippen molar-refractivity contribution in [3.63, 3.8) is 0 Å². The van der Waals surface area contributed by atoms with E-state index < -0.39 is 11.6 Å². The van der Waals surface area contributed by atoms with Crippen LogP contribution in [0.2, 0.25) is 0 Å². The molecular weight excluding hydrogens is 146 g/mol. The fraction of sp³-hybridized carbons (Fsp3) is 0.750. The Bertz CT molecular complexity index is 104. The standard InChI is InChI=1S/C4H9NO3.ClH/c1-4(2,8-5)3(6)7;/h5H2,1-2H3,(H,6,7);1H. The number of carbonyl (C=O) groups is 1. The van der Waals surface area contributed by atoms with Crippen LogP contribution < -0.4 is 5.90 Å². The minimum Gasteiger partial charge on any atom is -0.479 e. The largest absolute Gasteiger partial charge is 0.479 e. The Labute approximate surface area is 59.4 Å². The van der Waals surface area contributed by atoms with Crippen molar-refractivity contribution in [3.05, 3.63) is 0 Å². The fourth-order valence-corrected chi connectivity index (χ4v) is 0.0504. The summed E-state index contributed by atoms with van der Waals surface area (Å²) >= 11 is 0. The monoisotopic (exact) mass is 155 g/mol. The van der Waals surface area contributed by atoms with Gasteiger partial charge in [-0.2, -0.15) is 0 Å². The van der Waals surface area contributed by atoms with Gasteiger partial charge in [-0.3, -0.25) is 4.84 Å². The molecular formula is C4H10ClNO3. The van der Waals surface area contributed by atoms with Gasteiger partial charge in [-0.05, 0) is 13.8 Å². The second-order valence-corrected chi connectivity index (χ2v) is 1.93. The molecule has 0 spiro atoms. The first-order chi connectivity index (χ1) is 3.50. The minimum atomic E-state index is -1.26. The zero-order chi connectivity index (χ0) is 6.78. The zero-order valence-electron chi connectivity index (χ0n) is 5.25. The lowest BCUT2D eigenvalue weighted by Crippen LogP contribution is -2.37. The molecule has 5 heteroatoms. The lowest BCUT2D eigenvalue weighted by atomic mass is 10.1. The lowest BCUT2D eigenvalue weighted by molar-refractivity contribution is -0.161. The number of halogens is 1. The molecule has 0 unspecified atom stereocenters. The molecule has 0 fully saturated rings. The number of hydrogen-bond donors (Lipinski definition) is 2. The van der Waals surface area contributed by atoms with Crippen LogP contribution in [0.3, 0.4) is 0 Å². The topological polar surface area (TPSA) is 72.5 Å². The summed E-state index contributed by atoms with van der Waals surface area (Å²) in [6, 6.07) is 0. The second kappa shape index (κ2) is 3.66. The normalized spacial score (nSPS) is 10.1. The van der Waals surface area contributed by atoms with Gasteiger partial charge in [-0.25, -0.2) is 10.7 Å². The summed E-state index contributed by atoms with van der Waals surface area (Å²) < 4.78 is 0. The molecule has 0 aromatic heterocycles. The summed E-state index contributed by atoms with van der Waals surface area (Å²) in [5.41, 5.74) is -1.26. The fourth-order valence-electron chi connectivity index (χ4n) is 0.0504. The minimum absolute atomic E-state index is 0. The Morgan fingerprint density at radius 1 is 1.67 bits per heavy atom. The molecule has 4 nitrogen and oxygen atoms in total. The van der Waals surface area contributed by atoms with Crippen molar-refractivity contribution in [1.29, 1.82) is 0 Å². The maximum Gasteiger partial charge on any atom is 0.337 e. The number of rotatable bonds is 2. The van der Waals surface area contributed by atoms with Crippen LogP contribution in [-0.4, -0.2) is 16.7 Å². The number of aliphatic carboxylic acids is 1. The third-order valence-electron chi connectivity index (χ3n) is 0.810. The van der Waals surface area contributed by atoms with E-state index in [1.165, 1.54) is 13.8 Å². The van der Waals surface area contributed by atoms with Crippen LogP contribution in [0.25, 0.3) is 0 Å². The van der Waals surface area contributed by atoms with Gasteiger partial charge in [0, 0.05) is 0 Å². The maximum atomic E-state index is 10.0. The Kier molecular flexibility index (Phi) is 4.66. The van der Waals surface area contributed by atoms with Gasteiger partial charge >= 0.3 is 5.97 Å². The van der Waals surface area contributed by atoms with E-state index in [2.05, 4.69) is 10.7 Å². The van der Waals surface area contributed by atoms with Crippen molar-refractivity contribution >= 4 is 18.4 Å². The summed E-state index contributed by atoms with van der Waals surface area (Å²) in [6.45, 7) is 2.74. The van der Waals surface area contributed by atoms with Crippen molar-refractivity contribution in [2.45, 2.75) is 19.4 Å². The summed E-state index contributed by atoms with van der Waals surface area (Å²) in [5, 5.41) is 8.24. The van der Waals surface area contributed by atoms with Crippen molar-refractivity contribution in [1.82, 2.24) is 0 Å². The van der Waals surface area contributed by atoms with E-state index in [-0.39, 0.29) is 12.4 Å². The number of carboxylic acid groups (broad SMARTS) is 1. The Morgan fingerprint density at radius 2 is 2.00 bits per heavy atom. The molecule has 0 saturated carbocycles. The van der Waals surface area contributed by atoms with Crippen LogP contribution in [-0.2, 0) is 9.63 Å². The summed E-state index contributed by atoms with van der Waals surface area (Å²) in [4.78, 5) is 14.1. The highest BCUT2D eigenvalue weighted by atomic mass is 35.5. The molecule has 0 amide bonds. The van der Waals surface area contributed by atoms with Gasteiger partial charge < -0.3 is 5.11 Å². The smallest absolute Gasteiger partial charge is 0.337 e. The third kappa shape index (κ3) is 3.29. The highest BCUT2D eigenvalue weighted by molar-refractivity contribution is 5.85. The van der Waals surface area contributed by atoms with Crippen LogP contribution in [0.1, 0.15) is 13.8 Å². The molecule has 3 N–H and O–H groups in total. The van der Waals surface area contributed by atoms with Gasteiger partial charge in [0.15, 0.2) is 5.60 Å². The molecule has 0 aliphatic rings. The average Bonchev–Trinajstić information content (AvgIpc) is 1.67. The second-order valence-electron chi connectivity index (χ2n) is 1.93. The van der Waals surface area contributed by atoms with Crippen LogP contribution in [0.5, 0.6) is 0 Å². The molecule has 0 aliphatic carbocycles. The van der Waals surface area contributed by atoms with E-state index in [0.29, 0.717) is 0 Å². The van der Waals surface area contributed by atoms with E-state index >= 15 is 0 Å². The van der Waals surface area contributed by atoms with E-state index in [1.807, 2.05) is 0 Å². The molecule has 0 heterocycles. The quantitative estimate of drug-likeness (QED) is 0.558. The lowest BCUT2D eigenvalue weighted by Gasteiger charge is -2.14. The molecule has 9 heavy (non-hydrogen) atoms. The van der Waals surface area contributed by atoms with E-state index in [9.17, 15) is 4.79 Å². The van der Waals surface area contributed by atoms with Crippen LogP contribution in [0, 0.1) is 0 Å². The van der Waals surface area contributed by atoms with Gasteiger partial charge in [0.1, 0.15) is 0 Å². The molecule has 0 bridgehead atoms. The SMILES string of the molecule is CC(C)(ON)C(=O)O.Cl. The first-order valence-electron chi connectivity index (χ1n) is 2.12. The molecule has 0 aromatic rings. The van der Waals surface area contributed by atoms with E-state index in [0.717, 1.165) is 0 Å². The average molecular weight is 156 g/mol. The van der Waals surface area contributed by atoms with Crippen molar-refractivity contribution in [3.8, 4) is 0 Å². The molecule has 0 aliphatic heterocycles. The summed E-state index contributed by atoms with van der Waals surface area (Å²) in [5.74, 6) is 3.56. The van der Waals surface area contributed by atoms with E-state index in [4.69, 9.17) is 5.11 Å². The van der Waals surface area contributed by atoms with Crippen molar-refractivity contribution in [2.24, 2.45) is 5.90 Å². The maximum absolute atomic E-state index is 10.0. The van der Waals surface area contributed by atoms with Crippen LogP contribution >= 0.6 is 12.4 Å². The number of hydrogen-bond acceptors (Lipinski definition) is 3. The van der Waals surface area contributed by atoms with Gasteiger partial charge in [-0.15, -0.1) is 12.4 Å². The van der Waals surface area contributed by atoms with Gasteiger partial charge in [0.05, 0.1) is 0 Å². The molecule has 0 aromatic carbocycles. The first kappa shape index (κ1) is 11.5. The molecule has 56 valence electrons. The Balaban J connectivity index is 0. The number of carboxylic acids is 1. The summed E-state index contributed by atoms with van der Waals surface area (Å²) in [6.07, 6.45) is 0. The Morgan fingerprint density at radius 3 is 2.00 bits per heavy atom. The third-order valence-corrected chi connectivity index (χ3v) is 0.810. The van der Waals surface area contributed by atoms with Crippen LogP contribution in [0.15, 0.2) is 0 Å². The highest BCUT2D eigenvalue weighted by Gasteiger charge is 2.26. The molecule has 0 radical (unpaired) electrons. The predicted octanol–water partition coefficient (Wildman–Crippen LogP) is 0.162. The van der Waals surface area contributed by atoms with E-state index in [1.54, 1.807) is 0 Å². The molecule has 0 rings (SSSR count). The zero-order valence-corrected chi connectivity index (χ0v) is 6.07. The van der Waals surface area contributed by atoms with Gasteiger partial charge in [-0.1, -0.05) is 0 Å². The molecule has 0 atom stereocenters. The van der Waals surface area contributed by atoms with Crippen molar-refractivity contribution in [2.75, 3.05) is 0 Å². The Hall–Kier alpha value is -0.320. The molecule has 0 saturated heterocycles. The van der Waals surface area contributed by atoms with Crippen LogP contribution in [0.4, 0.5) is 0 Å². The highest BCUT2D eigenvalue weighted by Crippen LogP contribution is 2.03. The van der Waals surface area contributed by atoms with Crippen molar-refractivity contribution < 1.29 is 14.7 Å².